The van der Waals surface area contributed by atoms with Crippen LogP contribution in [0.1, 0.15) is 17.4 Å². The highest BCUT2D eigenvalue weighted by atomic mass is 32.2. The van der Waals surface area contributed by atoms with Gasteiger partial charge in [0.2, 0.25) is 0 Å². The van der Waals surface area contributed by atoms with Gasteiger partial charge in [0, 0.05) is 5.75 Å². The number of hydrogen-bond donors (Lipinski definition) is 2. The summed E-state index contributed by atoms with van der Waals surface area (Å²) in [5.41, 5.74) is 7.51. The molecule has 0 radical (unpaired) electrons. The summed E-state index contributed by atoms with van der Waals surface area (Å²) in [6, 6.07) is 9.66. The van der Waals surface area contributed by atoms with E-state index < -0.39 is 6.10 Å². The van der Waals surface area contributed by atoms with Gasteiger partial charge in [-0.3, -0.25) is 0 Å². The van der Waals surface area contributed by atoms with Crippen LogP contribution in [0.2, 0.25) is 0 Å². The van der Waals surface area contributed by atoms with Crippen molar-refractivity contribution in [2.24, 2.45) is 0 Å². The molecule has 0 bridgehead atoms. The predicted octanol–water partition coefficient (Wildman–Crippen LogP) is 2.86. The number of nitrogens with zero attached hydrogens (tertiary/aromatic N) is 1. The first-order valence-corrected chi connectivity index (χ1v) is 7.05. The highest BCUT2D eigenvalue weighted by molar-refractivity contribution is 8.01. The number of rotatable bonds is 4. The minimum absolute atomic E-state index is 0.455. The number of nitrogen functional groups attached to an aromatic ring is 1. The van der Waals surface area contributed by atoms with Crippen molar-refractivity contribution in [3.05, 3.63) is 41.6 Å². The average molecular weight is 266 g/mol. The number of hydrogen-bond acceptors (Lipinski definition) is 5. The van der Waals surface area contributed by atoms with Crippen molar-refractivity contribution in [3.63, 3.8) is 0 Å². The second kappa shape index (κ2) is 5.53. The molecule has 5 heteroatoms. The van der Waals surface area contributed by atoms with Gasteiger partial charge in [-0.1, -0.05) is 41.7 Å². The van der Waals surface area contributed by atoms with Crippen LogP contribution in [-0.2, 0) is 0 Å². The Kier molecular flexibility index (Phi) is 4.04. The Bertz CT molecular complexity index is 485. The normalized spacial score (nSPS) is 12.6. The molecule has 0 aliphatic rings. The summed E-state index contributed by atoms with van der Waals surface area (Å²) in [5.74, 6) is 0.618. The van der Waals surface area contributed by atoms with E-state index in [4.69, 9.17) is 5.73 Å². The van der Waals surface area contributed by atoms with Gasteiger partial charge in [-0.2, -0.15) is 0 Å². The van der Waals surface area contributed by atoms with E-state index >= 15 is 0 Å². The monoisotopic (exact) mass is 266 g/mol. The fraction of sp³-hybridized carbons (Fsp3) is 0.250. The Balaban J connectivity index is 1.97. The zero-order valence-electron chi connectivity index (χ0n) is 9.46. The van der Waals surface area contributed by atoms with Gasteiger partial charge in [-0.15, -0.1) is 11.8 Å². The molecule has 3 nitrogen and oxygen atoms in total. The number of aliphatic hydroxyl groups is 1. The Morgan fingerprint density at radius 2 is 2.12 bits per heavy atom. The van der Waals surface area contributed by atoms with E-state index in [0.29, 0.717) is 10.9 Å². The van der Waals surface area contributed by atoms with Crippen LogP contribution in [0.25, 0.3) is 0 Å². The fourth-order valence-corrected chi connectivity index (χ4v) is 3.48. The first-order valence-electron chi connectivity index (χ1n) is 5.25. The Labute approximate surface area is 109 Å². The van der Waals surface area contributed by atoms with Gasteiger partial charge in [0.25, 0.3) is 0 Å². The number of benzene rings is 1. The molecule has 1 atom stereocenters. The first-order chi connectivity index (χ1) is 8.16. The van der Waals surface area contributed by atoms with Gasteiger partial charge in [0.1, 0.15) is 0 Å². The molecule has 0 saturated carbocycles. The first kappa shape index (κ1) is 12.4. The highest BCUT2D eigenvalue weighted by Gasteiger charge is 2.11. The lowest BCUT2D eigenvalue weighted by molar-refractivity contribution is 0.204. The second-order valence-corrected chi connectivity index (χ2v) is 5.98. The summed E-state index contributed by atoms with van der Waals surface area (Å²) in [4.78, 5) is 4.16. The van der Waals surface area contributed by atoms with E-state index in [1.165, 1.54) is 11.3 Å². The summed E-state index contributed by atoms with van der Waals surface area (Å²) in [6.07, 6.45) is -0.455. The van der Waals surface area contributed by atoms with Crippen molar-refractivity contribution < 1.29 is 5.11 Å². The largest absolute Gasteiger partial charge is 0.388 e. The van der Waals surface area contributed by atoms with Gasteiger partial charge in [0.05, 0.1) is 16.0 Å². The van der Waals surface area contributed by atoms with Crippen LogP contribution in [0.3, 0.4) is 0 Å². The van der Waals surface area contributed by atoms with Crippen molar-refractivity contribution in [2.75, 3.05) is 11.5 Å². The number of nitrogens with two attached hydrogens (primary N) is 1. The lowest BCUT2D eigenvalue weighted by Gasteiger charge is -2.09. The Hall–Kier alpha value is -1.04. The SMILES string of the molecule is Cc1nc(N)sc1SCC(O)c1ccccc1. The molecule has 2 aromatic rings. The highest BCUT2D eigenvalue weighted by Crippen LogP contribution is 2.32. The van der Waals surface area contributed by atoms with Crippen LogP contribution in [0.4, 0.5) is 5.13 Å². The van der Waals surface area contributed by atoms with Crippen LogP contribution in [0.5, 0.6) is 0 Å². The molecule has 0 aliphatic heterocycles. The molecule has 0 fully saturated rings. The lowest BCUT2D eigenvalue weighted by atomic mass is 10.1. The molecule has 1 heterocycles. The molecular formula is C12H14N2OS2. The molecule has 90 valence electrons. The summed E-state index contributed by atoms with van der Waals surface area (Å²) in [5, 5.41) is 10.6. The Morgan fingerprint density at radius 1 is 1.41 bits per heavy atom. The third-order valence-electron chi connectivity index (χ3n) is 2.33. The molecule has 1 aromatic carbocycles. The fourth-order valence-electron chi connectivity index (χ4n) is 1.46. The molecule has 0 amide bonds. The standard InChI is InChI=1S/C12H14N2OS2/c1-8-11(17-12(13)14-8)16-7-10(15)9-5-3-2-4-6-9/h2-6,10,15H,7H2,1H3,(H2,13,14). The maximum atomic E-state index is 10.0. The maximum absolute atomic E-state index is 10.0. The number of aryl methyl sites for hydroxylation is 1. The molecule has 1 unspecified atom stereocenters. The van der Waals surface area contributed by atoms with Gasteiger partial charge >= 0.3 is 0 Å². The quantitative estimate of drug-likeness (QED) is 0.835. The van der Waals surface area contributed by atoms with Crippen molar-refractivity contribution in [1.29, 1.82) is 0 Å². The van der Waals surface area contributed by atoms with Gasteiger partial charge in [0.15, 0.2) is 5.13 Å². The zero-order valence-corrected chi connectivity index (χ0v) is 11.1. The van der Waals surface area contributed by atoms with E-state index in [9.17, 15) is 5.11 Å². The molecule has 3 N–H and O–H groups in total. The lowest BCUT2D eigenvalue weighted by Crippen LogP contribution is -1.99. The molecule has 2 rings (SSSR count). The number of thioether (sulfide) groups is 1. The number of aromatic nitrogens is 1. The molecule has 1 aromatic heterocycles. The third kappa shape index (κ3) is 3.21. The van der Waals surface area contributed by atoms with Gasteiger partial charge in [-0.05, 0) is 12.5 Å². The van der Waals surface area contributed by atoms with Gasteiger partial charge in [-0.25, -0.2) is 4.98 Å². The van der Waals surface area contributed by atoms with Crippen molar-refractivity contribution in [3.8, 4) is 0 Å². The molecule has 0 spiro atoms. The van der Waals surface area contributed by atoms with Crippen LogP contribution in [-0.4, -0.2) is 15.8 Å². The molecular weight excluding hydrogens is 252 g/mol. The summed E-state index contributed by atoms with van der Waals surface area (Å²) in [6.45, 7) is 1.93. The van der Waals surface area contributed by atoms with Crippen LogP contribution in [0, 0.1) is 6.92 Å². The number of anilines is 1. The average Bonchev–Trinajstić information content (AvgIpc) is 2.66. The van der Waals surface area contributed by atoms with E-state index in [0.717, 1.165) is 15.5 Å². The number of thiazole rings is 1. The van der Waals surface area contributed by atoms with E-state index in [2.05, 4.69) is 4.98 Å². The van der Waals surface area contributed by atoms with E-state index in [1.54, 1.807) is 11.8 Å². The van der Waals surface area contributed by atoms with Crippen molar-refractivity contribution in [2.45, 2.75) is 17.2 Å². The predicted molar refractivity (Wildman–Crippen MR) is 73.4 cm³/mol. The summed E-state index contributed by atoms with van der Waals surface area (Å²) in [7, 11) is 0. The Morgan fingerprint density at radius 3 is 2.71 bits per heavy atom. The molecule has 0 aliphatic carbocycles. The van der Waals surface area contributed by atoms with Crippen molar-refractivity contribution >= 4 is 28.2 Å². The van der Waals surface area contributed by atoms with E-state index in [1.807, 2.05) is 37.3 Å². The third-order valence-corrected chi connectivity index (χ3v) is 4.75. The number of aliphatic hydroxyl groups excluding tert-OH is 1. The molecule has 0 saturated heterocycles. The minimum atomic E-state index is -0.455. The van der Waals surface area contributed by atoms with E-state index in [-0.39, 0.29) is 0 Å². The maximum Gasteiger partial charge on any atom is 0.181 e. The van der Waals surface area contributed by atoms with Crippen LogP contribution >= 0.6 is 23.1 Å². The summed E-state index contributed by atoms with van der Waals surface area (Å²) < 4.78 is 1.08. The van der Waals surface area contributed by atoms with Crippen molar-refractivity contribution in [1.82, 2.24) is 4.98 Å². The topological polar surface area (TPSA) is 59.1 Å². The smallest absolute Gasteiger partial charge is 0.181 e. The second-order valence-electron chi connectivity index (χ2n) is 3.66. The minimum Gasteiger partial charge on any atom is -0.388 e. The van der Waals surface area contributed by atoms with Crippen LogP contribution < -0.4 is 5.73 Å². The molecule has 17 heavy (non-hydrogen) atoms. The van der Waals surface area contributed by atoms with Gasteiger partial charge < -0.3 is 10.8 Å². The summed E-state index contributed by atoms with van der Waals surface area (Å²) >= 11 is 3.07. The zero-order chi connectivity index (χ0) is 12.3. The van der Waals surface area contributed by atoms with Crippen LogP contribution in [0.15, 0.2) is 34.5 Å².